The molecular formula is C24H27N3OS. The average Bonchev–Trinajstić information content (AvgIpc) is 3.11. The summed E-state index contributed by atoms with van der Waals surface area (Å²) < 4.78 is 0. The number of rotatable bonds is 3. The molecule has 0 radical (unpaired) electrons. The molecule has 0 aliphatic carbocycles. The lowest BCUT2D eigenvalue weighted by molar-refractivity contribution is 0.0756. The van der Waals surface area contributed by atoms with E-state index in [9.17, 15) is 4.79 Å². The van der Waals surface area contributed by atoms with Crippen molar-refractivity contribution in [3.63, 3.8) is 0 Å². The maximum absolute atomic E-state index is 12.9. The van der Waals surface area contributed by atoms with Crippen LogP contribution in [0, 0.1) is 0 Å². The number of amides is 1. The molecule has 4 aliphatic rings. The van der Waals surface area contributed by atoms with Gasteiger partial charge in [0.05, 0.1) is 11.2 Å². The first-order valence-corrected chi connectivity index (χ1v) is 11.9. The number of fused-ring (bicyclic) bond motifs is 4. The molecule has 2 aromatic carbocycles. The average molecular weight is 406 g/mol. The normalized spacial score (nSPS) is 27.4. The molecule has 5 heteroatoms. The van der Waals surface area contributed by atoms with Crippen molar-refractivity contribution in [3.8, 4) is 0 Å². The number of nitrogens with one attached hydrogen (secondary N) is 1. The van der Waals surface area contributed by atoms with Crippen LogP contribution in [0.4, 0.5) is 5.69 Å². The van der Waals surface area contributed by atoms with E-state index in [4.69, 9.17) is 0 Å². The van der Waals surface area contributed by atoms with E-state index in [-0.39, 0.29) is 11.4 Å². The highest BCUT2D eigenvalue weighted by Gasteiger charge is 2.53. The maximum atomic E-state index is 12.9. The molecule has 0 saturated carbocycles. The summed E-state index contributed by atoms with van der Waals surface area (Å²) in [5.74, 6) is 1.93. The second-order valence-corrected chi connectivity index (χ2v) is 9.93. The van der Waals surface area contributed by atoms with Crippen LogP contribution in [0.15, 0.2) is 47.4 Å². The molecule has 2 atom stereocenters. The first-order valence-electron chi connectivity index (χ1n) is 10.9. The van der Waals surface area contributed by atoms with Crippen LogP contribution in [0.1, 0.15) is 46.7 Å². The fraction of sp³-hybridized carbons (Fsp3) is 0.458. The molecule has 1 saturated heterocycles. The minimum absolute atomic E-state index is 0.143. The van der Waals surface area contributed by atoms with Gasteiger partial charge in [-0.15, -0.1) is 11.8 Å². The lowest BCUT2D eigenvalue weighted by Gasteiger charge is -2.47. The number of nitrogens with zero attached hydrogens (tertiary/aromatic N) is 2. The molecular weight excluding hydrogens is 378 g/mol. The van der Waals surface area contributed by atoms with Crippen molar-refractivity contribution >= 4 is 23.4 Å². The Morgan fingerprint density at radius 1 is 1.17 bits per heavy atom. The largest absolute Gasteiger partial charge is 0.364 e. The molecule has 1 amide bonds. The summed E-state index contributed by atoms with van der Waals surface area (Å²) in [5.41, 5.74) is 5.25. The van der Waals surface area contributed by atoms with Crippen LogP contribution in [-0.4, -0.2) is 48.3 Å². The van der Waals surface area contributed by atoms with Crippen LogP contribution in [-0.2, 0) is 6.54 Å². The van der Waals surface area contributed by atoms with Gasteiger partial charge in [-0.25, -0.2) is 0 Å². The number of hydrogen-bond acceptors (Lipinski definition) is 4. The van der Waals surface area contributed by atoms with Gasteiger partial charge in [-0.2, -0.15) is 0 Å². The first-order chi connectivity index (χ1) is 14.3. The Morgan fingerprint density at radius 2 is 2.10 bits per heavy atom. The van der Waals surface area contributed by atoms with Crippen molar-refractivity contribution in [2.24, 2.45) is 0 Å². The van der Waals surface area contributed by atoms with Crippen molar-refractivity contribution in [2.75, 3.05) is 36.8 Å². The van der Waals surface area contributed by atoms with Crippen molar-refractivity contribution in [1.29, 1.82) is 0 Å². The van der Waals surface area contributed by atoms with Crippen molar-refractivity contribution in [3.05, 3.63) is 59.2 Å². The van der Waals surface area contributed by atoms with Gasteiger partial charge in [0.25, 0.3) is 5.91 Å². The Balaban J connectivity index is 1.33. The Kier molecular flexibility index (Phi) is 4.17. The molecule has 4 aliphatic heterocycles. The summed E-state index contributed by atoms with van der Waals surface area (Å²) >= 11 is 2.02. The number of carbonyl (C=O) groups is 1. The summed E-state index contributed by atoms with van der Waals surface area (Å²) in [6, 6.07) is 15.0. The monoisotopic (exact) mass is 405 g/mol. The van der Waals surface area contributed by atoms with Crippen molar-refractivity contribution < 1.29 is 4.79 Å². The summed E-state index contributed by atoms with van der Waals surface area (Å²) in [6.45, 7) is 4.87. The third kappa shape index (κ3) is 2.60. The number of carbonyl (C=O) groups excluding carboxylic acids is 1. The van der Waals surface area contributed by atoms with E-state index in [1.54, 1.807) is 0 Å². The van der Waals surface area contributed by atoms with Crippen LogP contribution in [0.25, 0.3) is 0 Å². The highest BCUT2D eigenvalue weighted by Crippen LogP contribution is 2.56. The maximum Gasteiger partial charge on any atom is 0.254 e. The minimum Gasteiger partial charge on any atom is -0.364 e. The lowest BCUT2D eigenvalue weighted by atomic mass is 9.74. The third-order valence-electron chi connectivity index (χ3n) is 7.44. The van der Waals surface area contributed by atoms with Gasteiger partial charge in [-0.05, 0) is 54.8 Å². The third-order valence-corrected chi connectivity index (χ3v) is 8.57. The Hall–Kier alpha value is -1.98. The first kappa shape index (κ1) is 17.8. The zero-order chi connectivity index (χ0) is 19.4. The van der Waals surface area contributed by atoms with Crippen LogP contribution in [0.5, 0.6) is 0 Å². The molecule has 0 aromatic heterocycles. The predicted octanol–water partition coefficient (Wildman–Crippen LogP) is 3.86. The predicted molar refractivity (Wildman–Crippen MR) is 118 cm³/mol. The summed E-state index contributed by atoms with van der Waals surface area (Å²) in [6.07, 6.45) is 3.44. The van der Waals surface area contributed by atoms with Gasteiger partial charge >= 0.3 is 0 Å². The number of para-hydroxylation sites is 1. The standard InChI is InChI=1S/C24H27N3OS/c28-23-18-6-2-1-5-17(18)16-26(23)13-10-24-9-11-25-15-20(24)19-7-3-8-21-22(19)27(24)12-4-14-29-21/h1-3,5-8,20,25H,4,9-16H2. The van der Waals surface area contributed by atoms with Crippen molar-refractivity contribution in [1.82, 2.24) is 10.2 Å². The van der Waals surface area contributed by atoms with Gasteiger partial charge in [0.15, 0.2) is 0 Å². The van der Waals surface area contributed by atoms with Crippen molar-refractivity contribution in [2.45, 2.75) is 42.2 Å². The Bertz CT molecular complexity index is 976. The van der Waals surface area contributed by atoms with Gasteiger partial charge in [0, 0.05) is 42.6 Å². The van der Waals surface area contributed by atoms with Gasteiger partial charge in [-0.1, -0.05) is 30.3 Å². The molecule has 1 N–H and O–H groups in total. The summed E-state index contributed by atoms with van der Waals surface area (Å²) in [7, 11) is 0. The topological polar surface area (TPSA) is 35.6 Å². The second-order valence-electron chi connectivity index (χ2n) is 8.79. The van der Waals surface area contributed by atoms with Gasteiger partial charge < -0.3 is 15.1 Å². The molecule has 29 heavy (non-hydrogen) atoms. The Morgan fingerprint density at radius 3 is 3.03 bits per heavy atom. The van der Waals surface area contributed by atoms with E-state index in [0.29, 0.717) is 5.92 Å². The van der Waals surface area contributed by atoms with Crippen LogP contribution >= 0.6 is 11.8 Å². The molecule has 150 valence electrons. The molecule has 0 bridgehead atoms. The van der Waals surface area contributed by atoms with E-state index >= 15 is 0 Å². The van der Waals surface area contributed by atoms with Crippen LogP contribution in [0.2, 0.25) is 0 Å². The van der Waals surface area contributed by atoms with Crippen LogP contribution in [0.3, 0.4) is 0 Å². The fourth-order valence-corrected chi connectivity index (χ4v) is 7.12. The highest BCUT2D eigenvalue weighted by molar-refractivity contribution is 7.99. The zero-order valence-electron chi connectivity index (χ0n) is 16.7. The summed E-state index contributed by atoms with van der Waals surface area (Å²) in [4.78, 5) is 19.2. The quantitative estimate of drug-likeness (QED) is 0.841. The fourth-order valence-electron chi connectivity index (χ4n) is 6.08. The van der Waals surface area contributed by atoms with E-state index in [2.05, 4.69) is 39.4 Å². The van der Waals surface area contributed by atoms with Gasteiger partial charge in [0.1, 0.15) is 0 Å². The molecule has 2 aromatic rings. The highest BCUT2D eigenvalue weighted by atomic mass is 32.2. The zero-order valence-corrected chi connectivity index (χ0v) is 17.5. The Labute approximate surface area is 176 Å². The number of thioether (sulfide) groups is 1. The number of benzene rings is 2. The molecule has 1 fully saturated rings. The molecule has 2 unspecified atom stereocenters. The SMILES string of the molecule is O=C1c2ccccc2CN1CCC12CCNCC1c1cccc3c1N2CCCS3. The molecule has 6 rings (SSSR count). The van der Waals surface area contributed by atoms with E-state index in [1.807, 2.05) is 30.0 Å². The van der Waals surface area contributed by atoms with E-state index in [1.165, 1.54) is 33.9 Å². The van der Waals surface area contributed by atoms with Crippen LogP contribution < -0.4 is 10.2 Å². The molecule has 4 heterocycles. The number of piperidine rings is 1. The van der Waals surface area contributed by atoms with E-state index < -0.39 is 0 Å². The second kappa shape index (κ2) is 6.78. The lowest BCUT2D eigenvalue weighted by Crippen LogP contribution is -2.57. The van der Waals surface area contributed by atoms with Gasteiger partial charge in [-0.3, -0.25) is 4.79 Å². The minimum atomic E-state index is 0.143. The summed E-state index contributed by atoms with van der Waals surface area (Å²) in [5, 5.41) is 3.66. The number of anilines is 1. The molecule has 0 spiro atoms. The molecule has 4 nitrogen and oxygen atoms in total. The number of hydrogen-bond donors (Lipinski definition) is 1. The van der Waals surface area contributed by atoms with Gasteiger partial charge in [0.2, 0.25) is 0 Å². The smallest absolute Gasteiger partial charge is 0.254 e. The van der Waals surface area contributed by atoms with E-state index in [0.717, 1.165) is 51.1 Å².